The van der Waals surface area contributed by atoms with Crippen molar-refractivity contribution in [3.05, 3.63) is 29.6 Å². The van der Waals surface area contributed by atoms with E-state index >= 15 is 0 Å². The largest absolute Gasteiger partial charge is 0.491 e. The summed E-state index contributed by atoms with van der Waals surface area (Å²) in [5, 5.41) is 3.18. The molecule has 0 amide bonds. The summed E-state index contributed by atoms with van der Waals surface area (Å²) in [4.78, 5) is 0. The minimum absolute atomic E-state index is 0.133. The lowest BCUT2D eigenvalue weighted by Gasteiger charge is -2.15. The summed E-state index contributed by atoms with van der Waals surface area (Å²) in [7, 11) is 0. The molecule has 0 fully saturated rings. The molecule has 0 saturated heterocycles. The number of rotatable bonds is 7. The van der Waals surface area contributed by atoms with Gasteiger partial charge in [0.25, 0.3) is 0 Å². The molecule has 0 heterocycles. The Bertz CT molecular complexity index is 341. The van der Waals surface area contributed by atoms with E-state index in [2.05, 4.69) is 12.2 Å². The van der Waals surface area contributed by atoms with Crippen LogP contribution >= 0.6 is 0 Å². The normalized spacial score (nSPS) is 12.5. The SMILES string of the molecule is CCCC(C)Oc1cc(F)cc(CNCC)c1. The van der Waals surface area contributed by atoms with Crippen molar-refractivity contribution in [2.75, 3.05) is 6.54 Å². The van der Waals surface area contributed by atoms with E-state index in [1.807, 2.05) is 19.9 Å². The summed E-state index contributed by atoms with van der Waals surface area (Å²) in [6.07, 6.45) is 2.19. The first-order chi connectivity index (χ1) is 8.15. The van der Waals surface area contributed by atoms with Crippen molar-refractivity contribution in [2.45, 2.75) is 46.3 Å². The second-order valence-corrected chi connectivity index (χ2v) is 4.29. The van der Waals surface area contributed by atoms with Gasteiger partial charge in [-0.15, -0.1) is 0 Å². The Labute approximate surface area is 103 Å². The fourth-order valence-electron chi connectivity index (χ4n) is 1.76. The van der Waals surface area contributed by atoms with E-state index in [0.29, 0.717) is 12.3 Å². The van der Waals surface area contributed by atoms with Crippen molar-refractivity contribution in [1.29, 1.82) is 0 Å². The maximum absolute atomic E-state index is 13.4. The average molecular weight is 239 g/mol. The van der Waals surface area contributed by atoms with Gasteiger partial charge in [-0.05, 0) is 37.6 Å². The van der Waals surface area contributed by atoms with Crippen molar-refractivity contribution in [3.63, 3.8) is 0 Å². The molecule has 0 aromatic heterocycles. The van der Waals surface area contributed by atoms with E-state index in [1.54, 1.807) is 6.07 Å². The Morgan fingerprint density at radius 1 is 1.29 bits per heavy atom. The van der Waals surface area contributed by atoms with Crippen molar-refractivity contribution in [2.24, 2.45) is 0 Å². The molecule has 0 bridgehead atoms. The zero-order valence-corrected chi connectivity index (χ0v) is 10.9. The molecule has 17 heavy (non-hydrogen) atoms. The lowest BCUT2D eigenvalue weighted by atomic mass is 10.2. The molecule has 1 N–H and O–H groups in total. The highest BCUT2D eigenvalue weighted by Crippen LogP contribution is 2.19. The first-order valence-corrected chi connectivity index (χ1v) is 6.32. The molecule has 0 spiro atoms. The molecule has 0 aliphatic carbocycles. The van der Waals surface area contributed by atoms with E-state index < -0.39 is 0 Å². The van der Waals surface area contributed by atoms with E-state index in [4.69, 9.17) is 4.74 Å². The van der Waals surface area contributed by atoms with Gasteiger partial charge in [-0.25, -0.2) is 4.39 Å². The molecule has 1 rings (SSSR count). The monoisotopic (exact) mass is 239 g/mol. The van der Waals surface area contributed by atoms with Gasteiger partial charge < -0.3 is 10.1 Å². The fourth-order valence-corrected chi connectivity index (χ4v) is 1.76. The maximum Gasteiger partial charge on any atom is 0.127 e. The standard InChI is InChI=1S/C14H22FNO/c1-4-6-11(3)17-14-8-12(10-16-5-2)7-13(15)9-14/h7-9,11,16H,4-6,10H2,1-3H3. The van der Waals surface area contributed by atoms with Gasteiger partial charge in [-0.1, -0.05) is 20.3 Å². The van der Waals surface area contributed by atoms with Gasteiger partial charge in [-0.2, -0.15) is 0 Å². The lowest BCUT2D eigenvalue weighted by Crippen LogP contribution is -2.13. The first-order valence-electron chi connectivity index (χ1n) is 6.32. The van der Waals surface area contributed by atoms with Gasteiger partial charge >= 0.3 is 0 Å². The van der Waals surface area contributed by atoms with Crippen LogP contribution in [0.3, 0.4) is 0 Å². The second kappa shape index (κ2) is 7.28. The zero-order chi connectivity index (χ0) is 12.7. The van der Waals surface area contributed by atoms with Crippen LogP contribution in [0.15, 0.2) is 18.2 Å². The van der Waals surface area contributed by atoms with Crippen LogP contribution in [0.2, 0.25) is 0 Å². The van der Waals surface area contributed by atoms with Crippen LogP contribution in [0.1, 0.15) is 39.2 Å². The van der Waals surface area contributed by atoms with Crippen molar-refractivity contribution < 1.29 is 9.13 Å². The van der Waals surface area contributed by atoms with Crippen molar-refractivity contribution in [1.82, 2.24) is 5.32 Å². The van der Waals surface area contributed by atoms with Crippen LogP contribution in [0.4, 0.5) is 4.39 Å². The fraction of sp³-hybridized carbons (Fsp3) is 0.571. The third kappa shape index (κ3) is 5.18. The minimum Gasteiger partial charge on any atom is -0.491 e. The molecular formula is C14H22FNO. The van der Waals surface area contributed by atoms with Gasteiger partial charge in [0.15, 0.2) is 0 Å². The van der Waals surface area contributed by atoms with Crippen LogP contribution in [-0.4, -0.2) is 12.6 Å². The molecule has 3 heteroatoms. The Kier molecular flexibility index (Phi) is 5.98. The highest BCUT2D eigenvalue weighted by atomic mass is 19.1. The Hall–Kier alpha value is -1.09. The van der Waals surface area contributed by atoms with E-state index in [-0.39, 0.29) is 11.9 Å². The van der Waals surface area contributed by atoms with Gasteiger partial charge in [0.05, 0.1) is 6.10 Å². The molecule has 0 aliphatic rings. The molecule has 0 radical (unpaired) electrons. The Morgan fingerprint density at radius 3 is 2.71 bits per heavy atom. The van der Waals surface area contributed by atoms with Crippen LogP contribution < -0.4 is 10.1 Å². The predicted molar refractivity (Wildman–Crippen MR) is 68.8 cm³/mol. The third-order valence-electron chi connectivity index (χ3n) is 2.54. The molecule has 0 aliphatic heterocycles. The minimum atomic E-state index is -0.237. The lowest BCUT2D eigenvalue weighted by molar-refractivity contribution is 0.209. The van der Waals surface area contributed by atoms with Gasteiger partial charge in [-0.3, -0.25) is 0 Å². The Morgan fingerprint density at radius 2 is 2.06 bits per heavy atom. The maximum atomic E-state index is 13.4. The van der Waals surface area contributed by atoms with E-state index in [9.17, 15) is 4.39 Å². The number of nitrogens with one attached hydrogen (secondary N) is 1. The highest BCUT2D eigenvalue weighted by molar-refractivity contribution is 5.29. The van der Waals surface area contributed by atoms with Crippen LogP contribution in [-0.2, 0) is 6.54 Å². The van der Waals surface area contributed by atoms with Gasteiger partial charge in [0.2, 0.25) is 0 Å². The topological polar surface area (TPSA) is 21.3 Å². The summed E-state index contributed by atoms with van der Waals surface area (Å²) in [5.74, 6) is 0.387. The molecule has 2 nitrogen and oxygen atoms in total. The molecule has 1 atom stereocenters. The van der Waals surface area contributed by atoms with Crippen molar-refractivity contribution >= 4 is 0 Å². The number of hydrogen-bond acceptors (Lipinski definition) is 2. The van der Waals surface area contributed by atoms with Crippen LogP contribution in [0.25, 0.3) is 0 Å². The van der Waals surface area contributed by atoms with Crippen molar-refractivity contribution in [3.8, 4) is 5.75 Å². The molecule has 0 saturated carbocycles. The van der Waals surface area contributed by atoms with E-state index in [0.717, 1.165) is 24.9 Å². The number of ether oxygens (including phenoxy) is 1. The predicted octanol–water partition coefficient (Wildman–Crippen LogP) is 3.50. The van der Waals surface area contributed by atoms with E-state index in [1.165, 1.54) is 6.07 Å². The highest BCUT2D eigenvalue weighted by Gasteiger charge is 2.06. The summed E-state index contributed by atoms with van der Waals surface area (Å²) < 4.78 is 19.1. The zero-order valence-electron chi connectivity index (χ0n) is 10.9. The number of hydrogen-bond donors (Lipinski definition) is 1. The number of halogens is 1. The molecule has 96 valence electrons. The molecule has 1 aromatic carbocycles. The van der Waals surface area contributed by atoms with Gasteiger partial charge in [0, 0.05) is 12.6 Å². The Balaban J connectivity index is 2.67. The third-order valence-corrected chi connectivity index (χ3v) is 2.54. The average Bonchev–Trinajstić information content (AvgIpc) is 2.25. The summed E-state index contributed by atoms with van der Waals surface area (Å²) in [6, 6.07) is 4.89. The molecular weight excluding hydrogens is 217 g/mol. The summed E-state index contributed by atoms with van der Waals surface area (Å²) >= 11 is 0. The van der Waals surface area contributed by atoms with Crippen LogP contribution in [0.5, 0.6) is 5.75 Å². The number of benzene rings is 1. The smallest absolute Gasteiger partial charge is 0.127 e. The van der Waals surface area contributed by atoms with Crippen LogP contribution in [0, 0.1) is 5.82 Å². The quantitative estimate of drug-likeness (QED) is 0.786. The summed E-state index contributed by atoms with van der Waals surface area (Å²) in [5.41, 5.74) is 0.922. The molecule has 1 aromatic rings. The van der Waals surface area contributed by atoms with Gasteiger partial charge in [0.1, 0.15) is 11.6 Å². The first kappa shape index (κ1) is 14.0. The second-order valence-electron chi connectivity index (χ2n) is 4.29. The summed E-state index contributed by atoms with van der Waals surface area (Å²) in [6.45, 7) is 7.70. The molecule has 1 unspecified atom stereocenters.